The first-order valence-electron chi connectivity index (χ1n) is 4.88. The van der Waals surface area contributed by atoms with Crippen molar-refractivity contribution in [2.75, 3.05) is 26.2 Å². The zero-order valence-electron chi connectivity index (χ0n) is 8.69. The van der Waals surface area contributed by atoms with Gasteiger partial charge in [-0.15, -0.1) is 0 Å². The van der Waals surface area contributed by atoms with E-state index < -0.39 is 0 Å². The van der Waals surface area contributed by atoms with E-state index in [4.69, 9.17) is 10.00 Å². The lowest BCUT2D eigenvalue weighted by Crippen LogP contribution is -2.45. The van der Waals surface area contributed by atoms with E-state index in [0.717, 1.165) is 6.42 Å². The monoisotopic (exact) mass is 210 g/mol. The molecule has 0 aromatic carbocycles. The average molecular weight is 210 g/mol. The normalized spacial score (nSPS) is 15.2. The molecule has 0 aliphatic carbocycles. The third-order valence-electron chi connectivity index (χ3n) is 1.94. The highest BCUT2D eigenvalue weighted by Crippen LogP contribution is 2.01. The van der Waals surface area contributed by atoms with Gasteiger partial charge in [0.1, 0.15) is 6.54 Å². The van der Waals surface area contributed by atoms with Crippen molar-refractivity contribution in [2.45, 2.75) is 13.3 Å². The van der Waals surface area contributed by atoms with Crippen molar-refractivity contribution in [3.63, 3.8) is 0 Å². The highest BCUT2D eigenvalue weighted by Gasteiger charge is 2.18. The first-order valence-corrected chi connectivity index (χ1v) is 4.88. The van der Waals surface area contributed by atoms with Crippen LogP contribution in [0.2, 0.25) is 0 Å². The van der Waals surface area contributed by atoms with Crippen molar-refractivity contribution in [3.05, 3.63) is 0 Å². The van der Waals surface area contributed by atoms with Crippen LogP contribution < -0.4 is 5.32 Å². The smallest absolute Gasteiger partial charge is 0.325 e. The van der Waals surface area contributed by atoms with Crippen molar-refractivity contribution in [1.82, 2.24) is 10.2 Å². The van der Waals surface area contributed by atoms with E-state index in [2.05, 4.69) is 10.3 Å². The molecule has 1 aliphatic rings. The second-order valence-corrected chi connectivity index (χ2v) is 3.02. The minimum Gasteiger partial charge on any atom is -0.465 e. The summed E-state index contributed by atoms with van der Waals surface area (Å²) < 4.78 is 4.82. The molecule has 1 heterocycles. The predicted octanol–water partition coefficient (Wildman–Crippen LogP) is -0.318. The van der Waals surface area contributed by atoms with Gasteiger partial charge in [0.2, 0.25) is 5.96 Å². The number of nitrogens with zero attached hydrogens (tertiary/aromatic N) is 3. The van der Waals surface area contributed by atoms with E-state index >= 15 is 0 Å². The first kappa shape index (κ1) is 11.3. The molecule has 6 heteroatoms. The van der Waals surface area contributed by atoms with Crippen LogP contribution in [0.5, 0.6) is 0 Å². The standard InChI is InChI=1S/C9H14N4O2/c1-2-15-8(14)6-13-5-3-4-11-9(13)12-7-10/h2-6H2,1H3,(H,11,12). The van der Waals surface area contributed by atoms with E-state index in [0.29, 0.717) is 25.7 Å². The molecule has 0 fully saturated rings. The number of esters is 1. The van der Waals surface area contributed by atoms with Crippen molar-refractivity contribution >= 4 is 11.9 Å². The van der Waals surface area contributed by atoms with Gasteiger partial charge in [-0.05, 0) is 13.3 Å². The van der Waals surface area contributed by atoms with E-state index in [1.54, 1.807) is 18.0 Å². The summed E-state index contributed by atoms with van der Waals surface area (Å²) in [7, 11) is 0. The minimum absolute atomic E-state index is 0.140. The molecule has 0 unspecified atom stereocenters. The van der Waals surface area contributed by atoms with Crippen LogP contribution in [0, 0.1) is 11.5 Å². The Kier molecular flexibility index (Phi) is 4.41. The van der Waals surface area contributed by atoms with Gasteiger partial charge in [-0.25, -0.2) is 0 Å². The van der Waals surface area contributed by atoms with Gasteiger partial charge in [0.05, 0.1) is 6.61 Å². The Morgan fingerprint density at radius 3 is 3.27 bits per heavy atom. The summed E-state index contributed by atoms with van der Waals surface area (Å²) in [5.41, 5.74) is 0. The van der Waals surface area contributed by atoms with E-state index in [-0.39, 0.29) is 12.5 Å². The summed E-state index contributed by atoms with van der Waals surface area (Å²) in [5, 5.41) is 10.9. The lowest BCUT2D eigenvalue weighted by molar-refractivity contribution is -0.143. The molecule has 1 aliphatic heterocycles. The molecule has 0 aromatic rings. The number of nitriles is 1. The van der Waals surface area contributed by atoms with Gasteiger partial charge in [0.15, 0.2) is 6.19 Å². The van der Waals surface area contributed by atoms with Crippen LogP contribution in [-0.4, -0.2) is 43.1 Å². The fraction of sp³-hybridized carbons (Fsp3) is 0.667. The average Bonchev–Trinajstić information content (AvgIpc) is 2.21. The lowest BCUT2D eigenvalue weighted by Gasteiger charge is -2.26. The molecule has 1 N–H and O–H groups in total. The second-order valence-electron chi connectivity index (χ2n) is 3.02. The van der Waals surface area contributed by atoms with Crippen LogP contribution in [0.25, 0.3) is 0 Å². The SMILES string of the molecule is CCOC(=O)CN1CCCN=C1NC#N. The van der Waals surface area contributed by atoms with Crippen LogP contribution in [0.4, 0.5) is 0 Å². The Balaban J connectivity index is 2.52. The number of ether oxygens (including phenoxy) is 1. The number of hydrogen-bond donors (Lipinski definition) is 1. The van der Waals surface area contributed by atoms with Crippen LogP contribution in [-0.2, 0) is 9.53 Å². The molecule has 0 atom stereocenters. The fourth-order valence-electron chi connectivity index (χ4n) is 1.34. The van der Waals surface area contributed by atoms with Crippen LogP contribution >= 0.6 is 0 Å². The number of aliphatic imine (C=N–C) groups is 1. The zero-order valence-corrected chi connectivity index (χ0v) is 8.69. The Bertz CT molecular complexity index is 295. The number of carbonyl (C=O) groups is 1. The highest BCUT2D eigenvalue weighted by atomic mass is 16.5. The summed E-state index contributed by atoms with van der Waals surface area (Å²) in [4.78, 5) is 17.1. The maximum Gasteiger partial charge on any atom is 0.325 e. The minimum atomic E-state index is -0.299. The molecule has 6 nitrogen and oxygen atoms in total. The molecule has 1 rings (SSSR count). The van der Waals surface area contributed by atoms with Crippen molar-refractivity contribution in [2.24, 2.45) is 4.99 Å². The number of nitrogens with one attached hydrogen (secondary N) is 1. The summed E-state index contributed by atoms with van der Waals surface area (Å²) in [5.74, 6) is 0.156. The fourth-order valence-corrected chi connectivity index (χ4v) is 1.34. The van der Waals surface area contributed by atoms with Crippen molar-refractivity contribution in [3.8, 4) is 6.19 Å². The van der Waals surface area contributed by atoms with Gasteiger partial charge in [-0.2, -0.15) is 5.26 Å². The van der Waals surface area contributed by atoms with Crippen LogP contribution in [0.3, 0.4) is 0 Å². The molecule has 0 aromatic heterocycles. The molecule has 15 heavy (non-hydrogen) atoms. The Morgan fingerprint density at radius 1 is 1.80 bits per heavy atom. The van der Waals surface area contributed by atoms with Gasteiger partial charge < -0.3 is 9.64 Å². The molecule has 0 saturated carbocycles. The van der Waals surface area contributed by atoms with E-state index in [1.807, 2.05) is 0 Å². The third-order valence-corrected chi connectivity index (χ3v) is 1.94. The molecular weight excluding hydrogens is 196 g/mol. The summed E-state index contributed by atoms with van der Waals surface area (Å²) in [6.45, 7) is 3.67. The molecule has 0 spiro atoms. The van der Waals surface area contributed by atoms with Gasteiger partial charge in [0, 0.05) is 13.1 Å². The molecule has 82 valence electrons. The molecule has 0 amide bonds. The van der Waals surface area contributed by atoms with Gasteiger partial charge >= 0.3 is 5.97 Å². The Morgan fingerprint density at radius 2 is 2.60 bits per heavy atom. The number of carbonyl (C=O) groups excluding carboxylic acids is 1. The molecule has 0 bridgehead atoms. The van der Waals surface area contributed by atoms with Crippen LogP contribution in [0.15, 0.2) is 4.99 Å². The van der Waals surface area contributed by atoms with Gasteiger partial charge in [0.25, 0.3) is 0 Å². The third kappa shape index (κ3) is 3.46. The van der Waals surface area contributed by atoms with Crippen LogP contribution in [0.1, 0.15) is 13.3 Å². The summed E-state index contributed by atoms with van der Waals surface area (Å²) in [6, 6.07) is 0. The van der Waals surface area contributed by atoms with Gasteiger partial charge in [-0.1, -0.05) is 0 Å². The Hall–Kier alpha value is -1.77. The number of hydrogen-bond acceptors (Lipinski definition) is 6. The number of guanidine groups is 1. The highest BCUT2D eigenvalue weighted by molar-refractivity contribution is 5.85. The zero-order chi connectivity index (χ0) is 11.1. The maximum absolute atomic E-state index is 11.2. The van der Waals surface area contributed by atoms with Gasteiger partial charge in [-0.3, -0.25) is 15.1 Å². The molecule has 0 saturated heterocycles. The van der Waals surface area contributed by atoms with E-state index in [9.17, 15) is 4.79 Å². The largest absolute Gasteiger partial charge is 0.465 e. The molecular formula is C9H14N4O2. The number of rotatable bonds is 3. The van der Waals surface area contributed by atoms with Crippen molar-refractivity contribution < 1.29 is 9.53 Å². The second kappa shape index (κ2) is 5.86. The topological polar surface area (TPSA) is 77.7 Å². The summed E-state index contributed by atoms with van der Waals surface area (Å²) in [6.07, 6.45) is 2.68. The molecule has 0 radical (unpaired) electrons. The van der Waals surface area contributed by atoms with E-state index in [1.165, 1.54) is 0 Å². The predicted molar refractivity (Wildman–Crippen MR) is 53.9 cm³/mol. The summed E-state index contributed by atoms with van der Waals surface area (Å²) >= 11 is 0. The lowest BCUT2D eigenvalue weighted by atomic mass is 10.3. The Labute approximate surface area is 88.5 Å². The first-order chi connectivity index (χ1) is 7.27. The van der Waals surface area contributed by atoms with Crippen molar-refractivity contribution in [1.29, 1.82) is 5.26 Å². The quantitative estimate of drug-likeness (QED) is 0.392. The maximum atomic E-state index is 11.2.